The molecule has 95 heavy (non-hydrogen) atoms. The van der Waals surface area contributed by atoms with Crippen LogP contribution in [-0.2, 0) is 34.0 Å². The number of ether oxygens (including phenoxy) is 3. The summed E-state index contributed by atoms with van der Waals surface area (Å²) in [5.74, 6) is 0.115. The molecule has 1 aliphatic carbocycles. The predicted octanol–water partition coefficient (Wildman–Crippen LogP) is 4.18. The summed E-state index contributed by atoms with van der Waals surface area (Å²) in [7, 11) is 4.74. The summed E-state index contributed by atoms with van der Waals surface area (Å²) < 4.78 is 15.8. The third-order valence-corrected chi connectivity index (χ3v) is 21.0. The standard InChI is InChI=1S/C25H25N5O4.C22H28N4O4.C21H27N5O5/c1-34-19-6-7-20-17(12-19)14-30(22(20)31)15-25(23(32)27-24(33)28-25)18-8-10-29(11-9-18)21-5-3-2-4-16(21)13-26;1-30-17-5-6-18-14(11-17)12-26(19(18)27)13-22(20(28)23-21(29)24-22)15-7-9-25(10-8-15)16-3-2-4-16;1-3-22-20(30)25-8-6-14(7-9-25)21(18(28)23-19(29)24-21)12-26-11-13-10-15(31-2)4-5-16(13)17(26)27/h2-7,12,18H,8-11,14-15H2,1H3,(H2,27,28,32,33);5-6,11,15-16H,2-4,7-10,12-13H2,1H3,(H2,23,24,28,29);4-5,10,14H,3,6-9,11-12H2,1-2H3,(H,22,30)(H2,23,24,28,29). The Balaban J connectivity index is 0.000000137. The number of fused-ring (bicyclic) bond motifs is 3. The molecule has 9 heterocycles. The van der Waals surface area contributed by atoms with Crippen LogP contribution < -0.4 is 56.3 Å². The van der Waals surface area contributed by atoms with Crippen LogP contribution in [0.25, 0.3) is 0 Å². The van der Waals surface area contributed by atoms with E-state index in [1.807, 2.05) is 43.3 Å². The molecule has 7 fully saturated rings. The Labute approximate surface area is 549 Å². The molecule has 27 heteroatoms. The van der Waals surface area contributed by atoms with Gasteiger partial charge in [0.25, 0.3) is 35.4 Å². The second kappa shape index (κ2) is 26.8. The second-order valence-corrected chi connectivity index (χ2v) is 26.1. The Morgan fingerprint density at radius 1 is 0.526 bits per heavy atom. The van der Waals surface area contributed by atoms with Crippen LogP contribution in [0.5, 0.6) is 17.2 Å². The number of hydrogen-bond acceptors (Lipinski definition) is 16. The van der Waals surface area contributed by atoms with Crippen LogP contribution in [0.3, 0.4) is 0 Å². The van der Waals surface area contributed by atoms with Crippen molar-refractivity contribution in [3.63, 3.8) is 0 Å². The highest BCUT2D eigenvalue weighted by atomic mass is 16.5. The summed E-state index contributed by atoms with van der Waals surface area (Å²) in [4.78, 5) is 138. The highest BCUT2D eigenvalue weighted by Gasteiger charge is 2.58. The van der Waals surface area contributed by atoms with Crippen molar-refractivity contribution < 1.29 is 62.2 Å². The first kappa shape index (κ1) is 65.1. The van der Waals surface area contributed by atoms with Gasteiger partial charge in [0.05, 0.1) is 52.2 Å². The first-order valence-corrected chi connectivity index (χ1v) is 32.6. The maximum absolute atomic E-state index is 13.1. The summed E-state index contributed by atoms with van der Waals surface area (Å²) in [5.41, 5.74) is 2.36. The molecule has 0 bridgehead atoms. The maximum atomic E-state index is 13.1. The number of imide groups is 3. The minimum absolute atomic E-state index is 0.00586. The summed E-state index contributed by atoms with van der Waals surface area (Å²) in [5, 5.41) is 28.0. The molecule has 0 radical (unpaired) electrons. The molecule has 0 spiro atoms. The molecule has 4 aromatic carbocycles. The number of benzene rings is 4. The van der Waals surface area contributed by atoms with Crippen LogP contribution in [0.15, 0.2) is 78.9 Å². The Morgan fingerprint density at radius 3 is 1.24 bits per heavy atom. The summed E-state index contributed by atoms with van der Waals surface area (Å²) in [6, 6.07) is 24.7. The van der Waals surface area contributed by atoms with Gasteiger partial charge in [-0.25, -0.2) is 19.2 Å². The number of urea groups is 4. The number of rotatable bonds is 15. The van der Waals surface area contributed by atoms with Gasteiger partial charge in [-0.1, -0.05) is 18.6 Å². The second-order valence-electron chi connectivity index (χ2n) is 26.1. The molecular weight excluding hydrogens is 1220 g/mol. The van der Waals surface area contributed by atoms with Gasteiger partial charge in [0.15, 0.2) is 0 Å². The fourth-order valence-electron chi connectivity index (χ4n) is 15.6. The van der Waals surface area contributed by atoms with E-state index >= 15 is 0 Å². The molecule has 14 amide bonds. The lowest BCUT2D eigenvalue weighted by atomic mass is 9.76. The number of piperidine rings is 3. The lowest BCUT2D eigenvalue weighted by Crippen LogP contribution is -2.62. The van der Waals surface area contributed by atoms with Gasteiger partial charge < -0.3 is 64.9 Å². The molecule has 6 saturated heterocycles. The van der Waals surface area contributed by atoms with Crippen LogP contribution in [0.1, 0.15) is 118 Å². The minimum Gasteiger partial charge on any atom is -0.497 e. The van der Waals surface area contributed by atoms with Crippen LogP contribution in [-0.4, -0.2) is 194 Å². The van der Waals surface area contributed by atoms with Gasteiger partial charge in [-0.2, -0.15) is 5.26 Å². The summed E-state index contributed by atoms with van der Waals surface area (Å²) in [6.45, 7) is 7.98. The largest absolute Gasteiger partial charge is 0.497 e. The lowest BCUT2D eigenvalue weighted by Gasteiger charge is -2.46. The fourth-order valence-corrected chi connectivity index (χ4v) is 15.6. The fraction of sp³-hybridized carbons (Fsp3) is 0.485. The van der Waals surface area contributed by atoms with Crippen molar-refractivity contribution in [3.05, 3.63) is 118 Å². The Hall–Kier alpha value is -9.97. The number of hydrogen-bond donors (Lipinski definition) is 7. The topological polar surface area (TPSA) is 326 Å². The number of anilines is 1. The van der Waals surface area contributed by atoms with Crippen molar-refractivity contribution in [1.29, 1.82) is 5.26 Å². The number of amides is 14. The Bertz CT molecular complexity index is 3790. The van der Waals surface area contributed by atoms with Gasteiger partial charge in [-0.15, -0.1) is 0 Å². The molecule has 3 unspecified atom stereocenters. The normalized spacial score (nSPS) is 24.4. The Kier molecular flexibility index (Phi) is 18.4. The highest BCUT2D eigenvalue weighted by molar-refractivity contribution is 6.10. The smallest absolute Gasteiger partial charge is 0.322 e. The molecule has 0 aromatic heterocycles. The molecule has 3 atom stereocenters. The number of methoxy groups -OCH3 is 3. The average molecular weight is 1300 g/mol. The van der Waals surface area contributed by atoms with Gasteiger partial charge in [0.2, 0.25) is 0 Å². The number of carbonyl (C=O) groups is 10. The number of nitrogens with one attached hydrogen (secondary N) is 7. The highest BCUT2D eigenvalue weighted by Crippen LogP contribution is 2.41. The molecule has 1 saturated carbocycles. The molecule has 27 nitrogen and oxygen atoms in total. The summed E-state index contributed by atoms with van der Waals surface area (Å²) in [6.07, 6.45) is 7.87. The SMILES string of the molecule is CCNC(=O)N1CCC(C2(CN3Cc4cc(OC)ccc4C3=O)NC(=O)NC2=O)CC1.COc1ccc2c(c1)CN(CC1(C3CCN(C4CCC4)CC3)NC(=O)NC1=O)C2=O.COc1ccc2c(c1)CN(CC1(C3CCN(c4ccccc4C#N)CC3)NC(=O)NC1=O)C2=O. The van der Waals surface area contributed by atoms with Gasteiger partial charge in [0.1, 0.15) is 39.9 Å². The van der Waals surface area contributed by atoms with E-state index in [-0.39, 0.29) is 67.0 Å². The lowest BCUT2D eigenvalue weighted by molar-refractivity contribution is -0.128. The first-order valence-electron chi connectivity index (χ1n) is 32.6. The number of para-hydroxylation sites is 1. The van der Waals surface area contributed by atoms with Crippen molar-refractivity contribution in [1.82, 2.24) is 61.7 Å². The van der Waals surface area contributed by atoms with Crippen molar-refractivity contribution in [2.75, 3.05) is 91.7 Å². The minimum atomic E-state index is -1.22. The molecule has 14 rings (SSSR count). The van der Waals surface area contributed by atoms with E-state index in [9.17, 15) is 53.2 Å². The van der Waals surface area contributed by atoms with Gasteiger partial charge in [0, 0.05) is 75.1 Å². The van der Waals surface area contributed by atoms with Crippen LogP contribution >= 0.6 is 0 Å². The first-order chi connectivity index (χ1) is 45.8. The molecular formula is C68H80N14O13. The van der Waals surface area contributed by atoms with Crippen molar-refractivity contribution in [3.8, 4) is 23.3 Å². The third kappa shape index (κ3) is 12.5. The van der Waals surface area contributed by atoms with E-state index in [1.54, 1.807) is 83.4 Å². The molecule has 10 aliphatic rings. The maximum Gasteiger partial charge on any atom is 0.322 e. The van der Waals surface area contributed by atoms with Gasteiger partial charge in [-0.3, -0.25) is 44.7 Å². The summed E-state index contributed by atoms with van der Waals surface area (Å²) >= 11 is 0. The van der Waals surface area contributed by atoms with E-state index in [4.69, 9.17) is 14.2 Å². The zero-order valence-corrected chi connectivity index (χ0v) is 53.8. The third-order valence-electron chi connectivity index (χ3n) is 21.0. The van der Waals surface area contributed by atoms with E-state index in [0.717, 1.165) is 48.3 Å². The average Bonchev–Trinajstić information content (AvgIpc) is 1.65. The number of nitrogens with zero attached hydrogens (tertiary/aromatic N) is 7. The van der Waals surface area contributed by atoms with Crippen LogP contribution in [0, 0.1) is 29.1 Å². The molecule has 9 aliphatic heterocycles. The Morgan fingerprint density at radius 2 is 0.905 bits per heavy atom. The number of nitriles is 1. The van der Waals surface area contributed by atoms with Crippen molar-refractivity contribution in [2.24, 2.45) is 17.8 Å². The number of likely N-dealkylation sites (tertiary alicyclic amines) is 2. The van der Waals surface area contributed by atoms with Crippen molar-refractivity contribution in [2.45, 2.75) is 107 Å². The van der Waals surface area contributed by atoms with Gasteiger partial charge in [-0.05, 0) is 173 Å². The molecule has 4 aromatic rings. The zero-order valence-electron chi connectivity index (χ0n) is 53.8. The number of carbonyl (C=O) groups excluding carboxylic acids is 10. The van der Waals surface area contributed by atoms with E-state index in [2.05, 4.69) is 53.1 Å². The van der Waals surface area contributed by atoms with E-state index in [1.165, 1.54) is 19.3 Å². The predicted molar refractivity (Wildman–Crippen MR) is 343 cm³/mol. The molecule has 500 valence electrons. The monoisotopic (exact) mass is 1300 g/mol. The van der Waals surface area contributed by atoms with Crippen molar-refractivity contribution >= 4 is 65.3 Å². The van der Waals surface area contributed by atoms with Gasteiger partial charge >= 0.3 is 24.1 Å². The van der Waals surface area contributed by atoms with Crippen LogP contribution in [0.4, 0.5) is 24.9 Å². The quantitative estimate of drug-likeness (QED) is 0.0821. The molecule has 7 N–H and O–H groups in total. The van der Waals surface area contributed by atoms with E-state index < -0.39 is 46.5 Å². The zero-order chi connectivity index (χ0) is 66.9. The van der Waals surface area contributed by atoms with E-state index in [0.29, 0.717) is 124 Å². The van der Waals surface area contributed by atoms with Crippen LogP contribution in [0.2, 0.25) is 0 Å².